The topological polar surface area (TPSA) is 21.3 Å². The molecule has 1 heterocycles. The quantitative estimate of drug-likeness (QED) is 0.742. The fourth-order valence-corrected chi connectivity index (χ4v) is 2.88. The molecule has 0 amide bonds. The van der Waals surface area contributed by atoms with Crippen molar-refractivity contribution in [3.8, 4) is 0 Å². The molecule has 2 fully saturated rings. The molecular weight excluding hydrogens is 195 g/mol. The summed E-state index contributed by atoms with van der Waals surface area (Å²) in [5.74, 6) is -1.39. The average molecular weight is 209 g/mol. The Hall–Kier alpha value is -0.290. The van der Waals surface area contributed by atoms with E-state index < -0.39 is 12.1 Å². The van der Waals surface area contributed by atoms with Gasteiger partial charge in [-0.05, 0) is 18.9 Å². The van der Waals surface area contributed by atoms with Crippen LogP contribution in [0.4, 0.5) is 13.2 Å². The molecule has 3 atom stereocenters. The lowest BCUT2D eigenvalue weighted by atomic mass is 9.55. The van der Waals surface area contributed by atoms with E-state index in [0.29, 0.717) is 19.7 Å². The number of nitrogens with one attached hydrogen (secondary N) is 1. The van der Waals surface area contributed by atoms with Crippen LogP contribution in [-0.4, -0.2) is 33.0 Å². The van der Waals surface area contributed by atoms with Crippen LogP contribution in [0, 0.1) is 17.3 Å². The summed E-state index contributed by atoms with van der Waals surface area (Å²) in [5.41, 5.74) is -0.241. The molecule has 0 aromatic rings. The minimum absolute atomic E-state index is 0.224. The average Bonchev–Trinajstić information content (AvgIpc) is 2.30. The predicted molar refractivity (Wildman–Crippen MR) is 44.8 cm³/mol. The van der Waals surface area contributed by atoms with E-state index in [-0.39, 0.29) is 17.8 Å². The Morgan fingerprint density at radius 2 is 2.21 bits per heavy atom. The number of ether oxygens (including phenoxy) is 1. The van der Waals surface area contributed by atoms with E-state index in [1.807, 2.05) is 0 Å². The number of rotatable bonds is 2. The Kier molecular flexibility index (Phi) is 2.27. The predicted octanol–water partition coefficient (Wildman–Crippen LogP) is 1.42. The van der Waals surface area contributed by atoms with E-state index in [2.05, 4.69) is 5.32 Å². The minimum atomic E-state index is -4.03. The van der Waals surface area contributed by atoms with Gasteiger partial charge in [0.15, 0.2) is 0 Å². The second-order valence-electron chi connectivity index (χ2n) is 4.39. The first-order valence-electron chi connectivity index (χ1n) is 4.76. The molecular formula is C9H14F3NO. The van der Waals surface area contributed by atoms with Crippen LogP contribution in [0.2, 0.25) is 0 Å². The van der Waals surface area contributed by atoms with Gasteiger partial charge in [-0.2, -0.15) is 13.2 Å². The lowest BCUT2D eigenvalue weighted by Crippen LogP contribution is -2.55. The molecule has 1 aliphatic heterocycles. The zero-order valence-corrected chi connectivity index (χ0v) is 8.03. The SMILES string of the molecule is COC[C@@]12CNC[C@@H]1[C@@H](C(F)(F)F)C2. The summed E-state index contributed by atoms with van der Waals surface area (Å²) in [7, 11) is 1.55. The van der Waals surface area contributed by atoms with Gasteiger partial charge in [0.1, 0.15) is 0 Å². The number of halogens is 3. The summed E-state index contributed by atoms with van der Waals surface area (Å²) in [5, 5.41) is 3.03. The number of alkyl halides is 3. The summed E-state index contributed by atoms with van der Waals surface area (Å²) in [6.45, 7) is 1.59. The highest BCUT2D eigenvalue weighted by Crippen LogP contribution is 2.58. The number of fused-ring (bicyclic) bond motifs is 1. The van der Waals surface area contributed by atoms with Crippen LogP contribution in [0.3, 0.4) is 0 Å². The first-order valence-corrected chi connectivity index (χ1v) is 4.76. The van der Waals surface area contributed by atoms with Crippen molar-refractivity contribution in [2.75, 3.05) is 26.8 Å². The first-order chi connectivity index (χ1) is 6.49. The summed E-state index contributed by atoms with van der Waals surface area (Å²) in [6, 6.07) is 0. The lowest BCUT2D eigenvalue weighted by Gasteiger charge is -2.50. The Labute approximate surface area is 80.8 Å². The molecule has 0 spiro atoms. The number of hydrogen-bond acceptors (Lipinski definition) is 2. The molecule has 0 aromatic carbocycles. The van der Waals surface area contributed by atoms with Gasteiger partial charge in [-0.1, -0.05) is 0 Å². The van der Waals surface area contributed by atoms with Crippen LogP contribution < -0.4 is 5.32 Å². The number of hydrogen-bond donors (Lipinski definition) is 1. The zero-order chi connectivity index (χ0) is 10.4. The standard InChI is InChI=1S/C9H14F3NO/c1-14-5-8-2-6(9(10,11)12)7(8)3-13-4-8/h6-7,13H,2-5H2,1H3/t6-,7+,8+/m0/s1. The van der Waals surface area contributed by atoms with Gasteiger partial charge in [0.05, 0.1) is 12.5 Å². The van der Waals surface area contributed by atoms with Crippen LogP contribution in [0.1, 0.15) is 6.42 Å². The molecule has 2 nitrogen and oxygen atoms in total. The van der Waals surface area contributed by atoms with Gasteiger partial charge in [0, 0.05) is 19.1 Å². The Bertz CT molecular complexity index is 231. The normalized spacial score (nSPS) is 42.0. The van der Waals surface area contributed by atoms with E-state index in [1.165, 1.54) is 0 Å². The molecule has 2 rings (SSSR count). The number of methoxy groups -OCH3 is 1. The van der Waals surface area contributed by atoms with Gasteiger partial charge >= 0.3 is 6.18 Å². The molecule has 1 aliphatic carbocycles. The van der Waals surface area contributed by atoms with Gasteiger partial charge in [0.25, 0.3) is 0 Å². The molecule has 1 saturated carbocycles. The fraction of sp³-hybridized carbons (Fsp3) is 1.00. The monoisotopic (exact) mass is 209 g/mol. The van der Waals surface area contributed by atoms with Crippen molar-refractivity contribution in [1.29, 1.82) is 0 Å². The maximum absolute atomic E-state index is 12.5. The highest BCUT2D eigenvalue weighted by Gasteiger charge is 2.64. The smallest absolute Gasteiger partial charge is 0.384 e. The third-order valence-electron chi connectivity index (χ3n) is 3.59. The van der Waals surface area contributed by atoms with Crippen molar-refractivity contribution < 1.29 is 17.9 Å². The molecule has 0 aromatic heterocycles. The second kappa shape index (κ2) is 3.10. The van der Waals surface area contributed by atoms with Gasteiger partial charge in [0.2, 0.25) is 0 Å². The van der Waals surface area contributed by atoms with Crippen molar-refractivity contribution in [2.24, 2.45) is 17.3 Å². The Balaban J connectivity index is 2.06. The van der Waals surface area contributed by atoms with Crippen molar-refractivity contribution in [3.05, 3.63) is 0 Å². The van der Waals surface area contributed by atoms with E-state index in [4.69, 9.17) is 4.74 Å². The molecule has 14 heavy (non-hydrogen) atoms. The van der Waals surface area contributed by atoms with Crippen molar-refractivity contribution >= 4 is 0 Å². The Morgan fingerprint density at radius 3 is 2.79 bits per heavy atom. The third kappa shape index (κ3) is 1.34. The van der Waals surface area contributed by atoms with Crippen LogP contribution in [-0.2, 0) is 4.74 Å². The van der Waals surface area contributed by atoms with Crippen molar-refractivity contribution in [2.45, 2.75) is 12.6 Å². The van der Waals surface area contributed by atoms with Crippen LogP contribution in [0.25, 0.3) is 0 Å². The lowest BCUT2D eigenvalue weighted by molar-refractivity contribution is -0.247. The van der Waals surface area contributed by atoms with E-state index >= 15 is 0 Å². The first kappa shape index (κ1) is 10.2. The maximum atomic E-state index is 12.5. The zero-order valence-electron chi connectivity index (χ0n) is 8.03. The molecule has 0 bridgehead atoms. The molecule has 82 valence electrons. The van der Waals surface area contributed by atoms with Crippen molar-refractivity contribution in [1.82, 2.24) is 5.32 Å². The summed E-state index contributed by atoms with van der Waals surface area (Å²) in [6.07, 6.45) is -3.81. The maximum Gasteiger partial charge on any atom is 0.392 e. The summed E-state index contributed by atoms with van der Waals surface area (Å²) >= 11 is 0. The van der Waals surface area contributed by atoms with Crippen molar-refractivity contribution in [3.63, 3.8) is 0 Å². The van der Waals surface area contributed by atoms with Crippen LogP contribution in [0.5, 0.6) is 0 Å². The van der Waals surface area contributed by atoms with Gasteiger partial charge in [-0.3, -0.25) is 0 Å². The minimum Gasteiger partial charge on any atom is -0.384 e. The van der Waals surface area contributed by atoms with E-state index in [1.54, 1.807) is 7.11 Å². The summed E-state index contributed by atoms with van der Waals surface area (Å²) in [4.78, 5) is 0. The molecule has 1 saturated heterocycles. The largest absolute Gasteiger partial charge is 0.392 e. The van der Waals surface area contributed by atoms with Gasteiger partial charge in [-0.15, -0.1) is 0 Å². The van der Waals surface area contributed by atoms with Crippen LogP contribution >= 0.6 is 0 Å². The van der Waals surface area contributed by atoms with Crippen LogP contribution in [0.15, 0.2) is 0 Å². The summed E-state index contributed by atoms with van der Waals surface area (Å²) < 4.78 is 42.4. The molecule has 1 N–H and O–H groups in total. The molecule has 0 radical (unpaired) electrons. The van der Waals surface area contributed by atoms with Gasteiger partial charge in [-0.25, -0.2) is 0 Å². The van der Waals surface area contributed by atoms with E-state index in [9.17, 15) is 13.2 Å². The van der Waals surface area contributed by atoms with Gasteiger partial charge < -0.3 is 10.1 Å². The Morgan fingerprint density at radius 1 is 1.50 bits per heavy atom. The second-order valence-corrected chi connectivity index (χ2v) is 4.39. The molecule has 2 aliphatic rings. The molecule has 0 unspecified atom stereocenters. The highest BCUT2D eigenvalue weighted by molar-refractivity contribution is 5.09. The third-order valence-corrected chi connectivity index (χ3v) is 3.59. The fourth-order valence-electron chi connectivity index (χ4n) is 2.88. The molecule has 5 heteroatoms. The highest BCUT2D eigenvalue weighted by atomic mass is 19.4. The van der Waals surface area contributed by atoms with E-state index in [0.717, 1.165) is 0 Å².